The average Bonchev–Trinajstić information content (AvgIpc) is 2.90. The molecule has 3 heterocycles. The van der Waals surface area contributed by atoms with Crippen molar-refractivity contribution in [1.82, 2.24) is 14.6 Å². The summed E-state index contributed by atoms with van der Waals surface area (Å²) in [5.41, 5.74) is 0.702. The van der Waals surface area contributed by atoms with Crippen LogP contribution in [0.25, 0.3) is 4.96 Å². The van der Waals surface area contributed by atoms with Crippen LogP contribution in [0.1, 0.15) is 24.8 Å². The van der Waals surface area contributed by atoms with Crippen LogP contribution in [0.15, 0.2) is 35.3 Å². The maximum Gasteiger partial charge on any atom is 0.311 e. The van der Waals surface area contributed by atoms with Crippen molar-refractivity contribution in [1.29, 1.82) is 0 Å². The minimum absolute atomic E-state index is 0.116. The molecule has 0 saturated heterocycles. The van der Waals surface area contributed by atoms with E-state index in [1.54, 1.807) is 12.1 Å². The van der Waals surface area contributed by atoms with Crippen LogP contribution >= 0.6 is 11.3 Å². The quantitative estimate of drug-likeness (QED) is 0.530. The molecule has 0 bridgehead atoms. The van der Waals surface area contributed by atoms with Gasteiger partial charge in [-0.1, -0.05) is 13.0 Å². The van der Waals surface area contributed by atoms with Crippen molar-refractivity contribution in [3.05, 3.63) is 46.4 Å². The number of hydrogen-bond acceptors (Lipinski definition) is 7. The summed E-state index contributed by atoms with van der Waals surface area (Å²) < 4.78 is 12.1. The Balaban J connectivity index is 1.68. The molecule has 0 amide bonds. The second-order valence-corrected chi connectivity index (χ2v) is 6.14. The van der Waals surface area contributed by atoms with Gasteiger partial charge in [-0.25, -0.2) is 4.98 Å². The third kappa shape index (κ3) is 2.46. The molecule has 23 heavy (non-hydrogen) atoms. The van der Waals surface area contributed by atoms with Gasteiger partial charge >= 0.3 is 5.97 Å². The molecule has 8 heteroatoms. The van der Waals surface area contributed by atoms with Crippen molar-refractivity contribution in [3.8, 4) is 16.7 Å². The number of benzene rings is 1. The highest BCUT2D eigenvalue weighted by Crippen LogP contribution is 2.37. The number of carbonyl (C=O) groups excluding carboxylic acids is 1. The third-order valence-electron chi connectivity index (χ3n) is 3.57. The van der Waals surface area contributed by atoms with Crippen molar-refractivity contribution >= 4 is 22.3 Å². The molecule has 1 aliphatic heterocycles. The Labute approximate surface area is 134 Å². The smallest absolute Gasteiger partial charge is 0.311 e. The van der Waals surface area contributed by atoms with E-state index in [4.69, 9.17) is 9.47 Å². The average molecular weight is 329 g/mol. The molecular formula is C15H11N3O4S. The number of carbonyl (C=O) groups is 1. The number of aromatic nitrogens is 3. The summed E-state index contributed by atoms with van der Waals surface area (Å²) in [5.74, 6) is 0.851. The lowest BCUT2D eigenvalue weighted by molar-refractivity contribution is -0.135. The molecule has 1 aliphatic rings. The second kappa shape index (κ2) is 5.17. The molecular weight excluding hydrogens is 318 g/mol. The van der Waals surface area contributed by atoms with Crippen molar-refractivity contribution in [3.63, 3.8) is 0 Å². The van der Waals surface area contributed by atoms with Gasteiger partial charge in [-0.15, -0.1) is 5.10 Å². The molecule has 1 atom stereocenters. The number of hydrogen-bond donors (Lipinski definition) is 0. The SMILES string of the molecule is CC1CC(=O)Oc2cc(Oc3nn4c(=O)ccnc4s3)ccc21. The van der Waals surface area contributed by atoms with Gasteiger partial charge in [0.25, 0.3) is 10.8 Å². The molecule has 3 aromatic rings. The Hall–Kier alpha value is -2.74. The standard InChI is InChI=1S/C15H11N3O4S/c1-8-6-13(20)22-11-7-9(2-3-10(8)11)21-15-17-18-12(19)4-5-16-14(18)23-15/h2-5,7-8H,6H2,1H3. The first-order valence-electron chi connectivity index (χ1n) is 6.97. The molecule has 0 aliphatic carbocycles. The van der Waals surface area contributed by atoms with Gasteiger partial charge in [-0.3, -0.25) is 9.59 Å². The number of nitrogens with zero attached hydrogens (tertiary/aromatic N) is 3. The number of esters is 1. The lowest BCUT2D eigenvalue weighted by Gasteiger charge is -2.21. The summed E-state index contributed by atoms with van der Waals surface area (Å²) >= 11 is 1.16. The highest BCUT2D eigenvalue weighted by molar-refractivity contribution is 7.18. The van der Waals surface area contributed by atoms with Gasteiger partial charge in [-0.2, -0.15) is 4.52 Å². The fraction of sp³-hybridized carbons (Fsp3) is 0.200. The van der Waals surface area contributed by atoms with Crippen molar-refractivity contribution < 1.29 is 14.3 Å². The first kappa shape index (κ1) is 13.9. The maximum atomic E-state index is 11.7. The summed E-state index contributed by atoms with van der Waals surface area (Å²) in [4.78, 5) is 27.7. The van der Waals surface area contributed by atoms with Gasteiger partial charge in [0, 0.05) is 18.3 Å². The summed E-state index contributed by atoms with van der Waals surface area (Å²) in [6.07, 6.45) is 1.80. The maximum absolute atomic E-state index is 11.7. The van der Waals surface area contributed by atoms with E-state index in [9.17, 15) is 9.59 Å². The lowest BCUT2D eigenvalue weighted by atomic mass is 9.95. The molecule has 0 saturated carbocycles. The van der Waals surface area contributed by atoms with E-state index in [-0.39, 0.29) is 22.6 Å². The van der Waals surface area contributed by atoms with E-state index in [1.807, 2.05) is 13.0 Å². The first-order valence-corrected chi connectivity index (χ1v) is 7.79. The Kier molecular flexibility index (Phi) is 3.12. The van der Waals surface area contributed by atoms with Gasteiger partial charge in [0.15, 0.2) is 0 Å². The van der Waals surface area contributed by atoms with Crippen molar-refractivity contribution in [2.75, 3.05) is 0 Å². The minimum atomic E-state index is -0.269. The number of ether oxygens (including phenoxy) is 2. The van der Waals surface area contributed by atoms with Gasteiger partial charge in [0.2, 0.25) is 4.96 Å². The largest absolute Gasteiger partial charge is 0.430 e. The fourth-order valence-corrected chi connectivity index (χ4v) is 3.21. The zero-order valence-corrected chi connectivity index (χ0v) is 12.9. The zero-order valence-electron chi connectivity index (χ0n) is 12.1. The Bertz CT molecular complexity index is 978. The monoisotopic (exact) mass is 329 g/mol. The van der Waals surface area contributed by atoms with Crippen LogP contribution in [-0.4, -0.2) is 20.6 Å². The van der Waals surface area contributed by atoms with Gasteiger partial charge < -0.3 is 9.47 Å². The van der Waals surface area contributed by atoms with Crippen LogP contribution in [0.2, 0.25) is 0 Å². The molecule has 0 radical (unpaired) electrons. The van der Waals surface area contributed by atoms with Crippen LogP contribution in [0.4, 0.5) is 0 Å². The summed E-state index contributed by atoms with van der Waals surface area (Å²) in [5, 5.41) is 4.37. The summed E-state index contributed by atoms with van der Waals surface area (Å²) in [7, 11) is 0. The zero-order chi connectivity index (χ0) is 16.0. The van der Waals surface area contributed by atoms with E-state index < -0.39 is 0 Å². The molecule has 0 fully saturated rings. The van der Waals surface area contributed by atoms with Gasteiger partial charge in [-0.05, 0) is 28.9 Å². The van der Waals surface area contributed by atoms with Crippen molar-refractivity contribution in [2.45, 2.75) is 19.3 Å². The normalized spacial score (nSPS) is 16.9. The number of fused-ring (bicyclic) bond motifs is 2. The van der Waals surface area contributed by atoms with E-state index in [0.29, 0.717) is 22.9 Å². The molecule has 0 N–H and O–H groups in total. The lowest BCUT2D eigenvalue weighted by Crippen LogP contribution is -2.18. The molecule has 2 aromatic heterocycles. The van der Waals surface area contributed by atoms with E-state index in [0.717, 1.165) is 16.9 Å². The van der Waals surface area contributed by atoms with E-state index >= 15 is 0 Å². The third-order valence-corrected chi connectivity index (χ3v) is 4.37. The summed E-state index contributed by atoms with van der Waals surface area (Å²) in [6.45, 7) is 1.98. The topological polar surface area (TPSA) is 82.8 Å². The Morgan fingerprint density at radius 3 is 3.04 bits per heavy atom. The summed E-state index contributed by atoms with van der Waals surface area (Å²) in [6, 6.07) is 6.65. The van der Waals surface area contributed by atoms with Gasteiger partial charge in [0.1, 0.15) is 11.5 Å². The highest BCUT2D eigenvalue weighted by atomic mass is 32.1. The van der Waals surface area contributed by atoms with Crippen LogP contribution in [0.5, 0.6) is 16.7 Å². The second-order valence-electron chi connectivity index (χ2n) is 5.23. The van der Waals surface area contributed by atoms with Crippen LogP contribution in [0.3, 0.4) is 0 Å². The Morgan fingerprint density at radius 2 is 2.22 bits per heavy atom. The van der Waals surface area contributed by atoms with Crippen LogP contribution in [-0.2, 0) is 4.79 Å². The van der Waals surface area contributed by atoms with E-state index in [1.165, 1.54) is 16.8 Å². The van der Waals surface area contributed by atoms with Gasteiger partial charge in [0.05, 0.1) is 6.42 Å². The molecule has 7 nitrogen and oxygen atoms in total. The molecule has 0 spiro atoms. The predicted octanol–water partition coefficient (Wildman–Crippen LogP) is 2.36. The van der Waals surface area contributed by atoms with Crippen LogP contribution < -0.4 is 15.0 Å². The first-order chi connectivity index (χ1) is 11.1. The molecule has 1 aromatic carbocycles. The minimum Gasteiger partial charge on any atom is -0.430 e. The highest BCUT2D eigenvalue weighted by Gasteiger charge is 2.24. The molecule has 4 rings (SSSR count). The molecule has 1 unspecified atom stereocenters. The van der Waals surface area contributed by atoms with Crippen molar-refractivity contribution in [2.24, 2.45) is 0 Å². The van der Waals surface area contributed by atoms with Crippen LogP contribution in [0, 0.1) is 0 Å². The molecule has 116 valence electrons. The Morgan fingerprint density at radius 1 is 1.35 bits per heavy atom. The number of rotatable bonds is 2. The fourth-order valence-electron chi connectivity index (χ4n) is 2.47. The van der Waals surface area contributed by atoms with E-state index in [2.05, 4.69) is 10.1 Å². The predicted molar refractivity (Wildman–Crippen MR) is 82.3 cm³/mol.